The Morgan fingerprint density at radius 3 is 2.17 bits per heavy atom. The average molecular weight is 266 g/mol. The van der Waals surface area contributed by atoms with Crippen molar-refractivity contribution < 1.29 is 13.2 Å². The van der Waals surface area contributed by atoms with Gasteiger partial charge in [-0.3, -0.25) is 4.90 Å². The minimum Gasteiger partial charge on any atom is -0.315 e. The summed E-state index contributed by atoms with van der Waals surface area (Å²) < 4.78 is 37.1. The molecule has 1 aliphatic rings. The molecule has 0 bridgehead atoms. The zero-order valence-electron chi connectivity index (χ0n) is 11.6. The van der Waals surface area contributed by atoms with Crippen LogP contribution in [0.2, 0.25) is 0 Å². The highest BCUT2D eigenvalue weighted by molar-refractivity contribution is 4.86. The van der Waals surface area contributed by atoms with E-state index in [4.69, 9.17) is 0 Å². The van der Waals surface area contributed by atoms with Crippen LogP contribution in [0, 0.1) is 5.41 Å². The fourth-order valence-electron chi connectivity index (χ4n) is 1.87. The van der Waals surface area contributed by atoms with Gasteiger partial charge in [0, 0.05) is 19.1 Å². The van der Waals surface area contributed by atoms with Crippen LogP contribution in [0.5, 0.6) is 0 Å². The molecule has 0 saturated heterocycles. The minimum absolute atomic E-state index is 0.163. The van der Waals surface area contributed by atoms with Crippen LogP contribution < -0.4 is 5.32 Å². The molecule has 0 aromatic rings. The summed E-state index contributed by atoms with van der Waals surface area (Å²) in [4.78, 5) is 1.56. The molecule has 18 heavy (non-hydrogen) atoms. The molecule has 0 atom stereocenters. The van der Waals surface area contributed by atoms with Gasteiger partial charge in [-0.2, -0.15) is 13.2 Å². The van der Waals surface area contributed by atoms with Crippen molar-refractivity contribution in [3.63, 3.8) is 0 Å². The maximum absolute atomic E-state index is 12.4. The van der Waals surface area contributed by atoms with Crippen molar-refractivity contribution in [2.45, 2.75) is 52.3 Å². The molecule has 0 unspecified atom stereocenters. The van der Waals surface area contributed by atoms with E-state index in [0.29, 0.717) is 13.1 Å². The van der Waals surface area contributed by atoms with Gasteiger partial charge in [0.25, 0.3) is 0 Å². The van der Waals surface area contributed by atoms with Gasteiger partial charge in [-0.1, -0.05) is 20.8 Å². The number of hydrogen-bond acceptors (Lipinski definition) is 2. The molecular formula is C13H25F3N2. The lowest BCUT2D eigenvalue weighted by Crippen LogP contribution is -2.40. The van der Waals surface area contributed by atoms with Crippen LogP contribution in [0.15, 0.2) is 0 Å². The number of halogens is 3. The molecule has 1 fully saturated rings. The van der Waals surface area contributed by atoms with E-state index in [1.807, 2.05) is 0 Å². The number of alkyl halides is 3. The van der Waals surface area contributed by atoms with Crippen molar-refractivity contribution in [3.8, 4) is 0 Å². The van der Waals surface area contributed by atoms with E-state index in [9.17, 15) is 13.2 Å². The normalized spacial score (nSPS) is 17.5. The van der Waals surface area contributed by atoms with Crippen LogP contribution in [0.1, 0.15) is 40.0 Å². The molecule has 5 heteroatoms. The Bertz CT molecular complexity index is 242. The zero-order chi connectivity index (χ0) is 13.8. The molecule has 1 aliphatic carbocycles. The molecule has 0 amide bonds. The highest BCUT2D eigenvalue weighted by Gasteiger charge is 2.37. The molecule has 108 valence electrons. The van der Waals surface area contributed by atoms with Crippen molar-refractivity contribution >= 4 is 0 Å². The first-order valence-electron chi connectivity index (χ1n) is 6.69. The summed E-state index contributed by atoms with van der Waals surface area (Å²) in [6, 6.07) is 0.163. The average Bonchev–Trinajstić information content (AvgIpc) is 2.94. The van der Waals surface area contributed by atoms with Crippen molar-refractivity contribution in [1.82, 2.24) is 10.2 Å². The molecule has 0 aromatic heterocycles. The van der Waals surface area contributed by atoms with Crippen LogP contribution in [0.4, 0.5) is 13.2 Å². The molecule has 1 rings (SSSR count). The first kappa shape index (κ1) is 15.8. The van der Waals surface area contributed by atoms with Gasteiger partial charge in [-0.05, 0) is 31.2 Å². The van der Waals surface area contributed by atoms with Crippen molar-refractivity contribution in [1.29, 1.82) is 0 Å². The van der Waals surface area contributed by atoms with Crippen molar-refractivity contribution in [3.05, 3.63) is 0 Å². The third-order valence-electron chi connectivity index (χ3n) is 3.07. The van der Waals surface area contributed by atoms with E-state index in [2.05, 4.69) is 26.1 Å². The molecule has 0 spiro atoms. The van der Waals surface area contributed by atoms with Gasteiger partial charge in [-0.15, -0.1) is 0 Å². The lowest BCUT2D eigenvalue weighted by atomic mass is 9.92. The van der Waals surface area contributed by atoms with E-state index in [1.165, 1.54) is 0 Å². The minimum atomic E-state index is -4.08. The van der Waals surface area contributed by atoms with Crippen LogP contribution in [0.25, 0.3) is 0 Å². The van der Waals surface area contributed by atoms with Crippen LogP contribution in [0.3, 0.4) is 0 Å². The molecule has 0 aromatic carbocycles. The summed E-state index contributed by atoms with van der Waals surface area (Å²) in [5, 5.41) is 3.23. The van der Waals surface area contributed by atoms with E-state index in [0.717, 1.165) is 25.8 Å². The quantitative estimate of drug-likeness (QED) is 0.713. The molecular weight excluding hydrogens is 241 g/mol. The Labute approximate surface area is 108 Å². The van der Waals surface area contributed by atoms with E-state index >= 15 is 0 Å². The van der Waals surface area contributed by atoms with Crippen molar-refractivity contribution in [2.24, 2.45) is 5.41 Å². The summed E-state index contributed by atoms with van der Waals surface area (Å²) in [5.74, 6) is 0. The highest BCUT2D eigenvalue weighted by Crippen LogP contribution is 2.29. The van der Waals surface area contributed by atoms with Crippen LogP contribution in [-0.4, -0.2) is 43.3 Å². The van der Waals surface area contributed by atoms with Crippen molar-refractivity contribution in [2.75, 3.05) is 26.2 Å². The zero-order valence-corrected chi connectivity index (χ0v) is 11.6. The first-order valence-corrected chi connectivity index (χ1v) is 6.69. The number of nitrogens with zero attached hydrogens (tertiary/aromatic N) is 1. The monoisotopic (exact) mass is 266 g/mol. The maximum Gasteiger partial charge on any atom is 0.401 e. The van der Waals surface area contributed by atoms with Gasteiger partial charge in [0.1, 0.15) is 0 Å². The molecule has 0 heterocycles. The molecule has 0 aliphatic heterocycles. The maximum atomic E-state index is 12.4. The van der Waals surface area contributed by atoms with E-state index < -0.39 is 12.7 Å². The number of nitrogens with one attached hydrogen (secondary N) is 1. The fraction of sp³-hybridized carbons (Fsp3) is 1.00. The second-order valence-electron chi connectivity index (χ2n) is 6.38. The van der Waals surface area contributed by atoms with Crippen LogP contribution in [-0.2, 0) is 0 Å². The molecule has 2 nitrogen and oxygen atoms in total. The molecule has 1 N–H and O–H groups in total. The Hall–Kier alpha value is -0.290. The lowest BCUT2D eigenvalue weighted by molar-refractivity contribution is -0.147. The number of hydrogen-bond donors (Lipinski definition) is 1. The van der Waals surface area contributed by atoms with Crippen LogP contribution >= 0.6 is 0 Å². The second kappa shape index (κ2) is 6.24. The van der Waals surface area contributed by atoms with Gasteiger partial charge in [-0.25, -0.2) is 0 Å². The van der Waals surface area contributed by atoms with Gasteiger partial charge < -0.3 is 5.32 Å². The number of rotatable bonds is 7. The summed E-state index contributed by atoms with van der Waals surface area (Å²) >= 11 is 0. The Balaban J connectivity index is 2.15. The summed E-state index contributed by atoms with van der Waals surface area (Å²) in [6.45, 7) is 7.72. The predicted octanol–water partition coefficient (Wildman–Crippen LogP) is 3.04. The third-order valence-corrected chi connectivity index (χ3v) is 3.07. The van der Waals surface area contributed by atoms with Gasteiger partial charge in [0.05, 0.1) is 6.54 Å². The first-order chi connectivity index (χ1) is 8.17. The Kier molecular flexibility index (Phi) is 5.46. The Morgan fingerprint density at radius 1 is 1.11 bits per heavy atom. The van der Waals surface area contributed by atoms with Gasteiger partial charge in [0.15, 0.2) is 0 Å². The SMILES string of the molecule is CC(C)(C)CCNCCN(CC(F)(F)F)C1CC1. The fourth-order valence-corrected chi connectivity index (χ4v) is 1.87. The largest absolute Gasteiger partial charge is 0.401 e. The summed E-state index contributed by atoms with van der Waals surface area (Å²) in [7, 11) is 0. The summed E-state index contributed by atoms with van der Waals surface area (Å²) in [6.07, 6.45) is -1.21. The molecule has 0 radical (unpaired) electrons. The van der Waals surface area contributed by atoms with E-state index in [1.54, 1.807) is 4.90 Å². The molecule has 1 saturated carbocycles. The summed E-state index contributed by atoms with van der Waals surface area (Å²) in [5.41, 5.74) is 0.273. The standard InChI is InChI=1S/C13H25F3N2/c1-12(2,3)6-7-17-8-9-18(11-4-5-11)10-13(14,15)16/h11,17H,4-10H2,1-3H3. The van der Waals surface area contributed by atoms with Gasteiger partial charge >= 0.3 is 6.18 Å². The van der Waals surface area contributed by atoms with Gasteiger partial charge in [0.2, 0.25) is 0 Å². The third kappa shape index (κ3) is 7.93. The second-order valence-corrected chi connectivity index (χ2v) is 6.38. The Morgan fingerprint density at radius 2 is 1.72 bits per heavy atom. The topological polar surface area (TPSA) is 15.3 Å². The lowest BCUT2D eigenvalue weighted by Gasteiger charge is -2.24. The van der Waals surface area contributed by atoms with E-state index in [-0.39, 0.29) is 11.5 Å². The predicted molar refractivity (Wildman–Crippen MR) is 67.6 cm³/mol. The highest BCUT2D eigenvalue weighted by atomic mass is 19.4. The smallest absolute Gasteiger partial charge is 0.315 e.